The Balaban J connectivity index is 2.28. The maximum absolute atomic E-state index is 10.9. The summed E-state index contributed by atoms with van der Waals surface area (Å²) in [5.74, 6) is -0.908. The van der Waals surface area contributed by atoms with Gasteiger partial charge in [0.1, 0.15) is 0 Å². The van der Waals surface area contributed by atoms with Gasteiger partial charge in [-0.05, 0) is 52.5 Å². The minimum absolute atomic E-state index is 0.297. The first-order chi connectivity index (χ1) is 8.47. The monoisotopic (exact) mass is 307 g/mol. The Morgan fingerprint density at radius 3 is 2.56 bits per heavy atom. The van der Waals surface area contributed by atoms with E-state index in [9.17, 15) is 4.79 Å². The molecule has 0 saturated heterocycles. The van der Waals surface area contributed by atoms with Crippen molar-refractivity contribution in [1.82, 2.24) is 4.57 Å². The van der Waals surface area contributed by atoms with Crippen LogP contribution in [-0.2, 0) is 6.54 Å². The summed E-state index contributed by atoms with van der Waals surface area (Å²) in [6.07, 6.45) is 1.64. The van der Waals surface area contributed by atoms with Gasteiger partial charge >= 0.3 is 5.97 Å². The van der Waals surface area contributed by atoms with E-state index in [4.69, 9.17) is 5.11 Å². The molecule has 1 aromatic carbocycles. The number of carbonyl (C=O) groups is 1. The van der Waals surface area contributed by atoms with E-state index < -0.39 is 5.97 Å². The van der Waals surface area contributed by atoms with Crippen LogP contribution < -0.4 is 0 Å². The lowest BCUT2D eigenvalue weighted by Gasteiger charge is -2.07. The standard InChI is InChI=1S/C14H14BrNO2/c1-9-3-4-11(5-10(9)2)7-16-8-12(14(17)18)6-13(16)15/h3-6,8H,7H2,1-2H3,(H,17,18). The van der Waals surface area contributed by atoms with Crippen LogP contribution >= 0.6 is 15.9 Å². The van der Waals surface area contributed by atoms with E-state index in [2.05, 4.69) is 48.0 Å². The number of benzene rings is 1. The maximum atomic E-state index is 10.9. The van der Waals surface area contributed by atoms with Crippen molar-refractivity contribution in [3.05, 3.63) is 57.3 Å². The quantitative estimate of drug-likeness (QED) is 0.941. The van der Waals surface area contributed by atoms with Crippen LogP contribution in [0.2, 0.25) is 0 Å². The minimum atomic E-state index is -0.908. The number of rotatable bonds is 3. The Hall–Kier alpha value is -1.55. The zero-order valence-corrected chi connectivity index (χ0v) is 11.9. The number of hydrogen-bond acceptors (Lipinski definition) is 1. The molecule has 4 heteroatoms. The highest BCUT2D eigenvalue weighted by Gasteiger charge is 2.09. The number of hydrogen-bond donors (Lipinski definition) is 1. The molecule has 1 heterocycles. The van der Waals surface area contributed by atoms with Crippen LogP contribution in [0, 0.1) is 13.8 Å². The molecule has 1 aromatic heterocycles. The summed E-state index contributed by atoms with van der Waals surface area (Å²) >= 11 is 3.38. The van der Waals surface area contributed by atoms with Crippen LogP contribution in [0.3, 0.4) is 0 Å². The molecule has 0 aliphatic rings. The first-order valence-electron chi connectivity index (χ1n) is 5.62. The van der Waals surface area contributed by atoms with Crippen molar-refractivity contribution in [2.75, 3.05) is 0 Å². The molecule has 18 heavy (non-hydrogen) atoms. The van der Waals surface area contributed by atoms with E-state index in [0.29, 0.717) is 12.1 Å². The summed E-state index contributed by atoms with van der Waals surface area (Å²) < 4.78 is 2.66. The van der Waals surface area contributed by atoms with Crippen molar-refractivity contribution in [2.45, 2.75) is 20.4 Å². The van der Waals surface area contributed by atoms with Crippen LogP contribution in [0.5, 0.6) is 0 Å². The molecule has 0 radical (unpaired) electrons. The molecule has 94 valence electrons. The zero-order chi connectivity index (χ0) is 13.3. The average Bonchev–Trinajstić information content (AvgIpc) is 2.66. The molecule has 0 bridgehead atoms. The summed E-state index contributed by atoms with van der Waals surface area (Å²) in [6, 6.07) is 7.89. The van der Waals surface area contributed by atoms with Crippen LogP contribution in [0.25, 0.3) is 0 Å². The van der Waals surface area contributed by atoms with Crippen molar-refractivity contribution < 1.29 is 9.90 Å². The lowest BCUT2D eigenvalue weighted by atomic mass is 10.1. The van der Waals surface area contributed by atoms with E-state index in [1.54, 1.807) is 12.3 Å². The fourth-order valence-electron chi connectivity index (χ4n) is 1.81. The van der Waals surface area contributed by atoms with E-state index >= 15 is 0 Å². The number of aryl methyl sites for hydroxylation is 2. The van der Waals surface area contributed by atoms with Gasteiger partial charge in [0.25, 0.3) is 0 Å². The van der Waals surface area contributed by atoms with E-state index in [-0.39, 0.29) is 0 Å². The number of carboxylic acid groups (broad SMARTS) is 1. The van der Waals surface area contributed by atoms with Crippen molar-refractivity contribution in [2.24, 2.45) is 0 Å². The van der Waals surface area contributed by atoms with Crippen LogP contribution in [0.1, 0.15) is 27.0 Å². The zero-order valence-electron chi connectivity index (χ0n) is 10.3. The third-order valence-electron chi connectivity index (χ3n) is 3.02. The van der Waals surface area contributed by atoms with Crippen LogP contribution in [-0.4, -0.2) is 15.6 Å². The molecule has 0 saturated carbocycles. The lowest BCUT2D eigenvalue weighted by Crippen LogP contribution is -2.00. The number of carboxylic acids is 1. The van der Waals surface area contributed by atoms with E-state index in [1.165, 1.54) is 11.1 Å². The van der Waals surface area contributed by atoms with Gasteiger partial charge in [-0.25, -0.2) is 4.79 Å². The molecule has 0 spiro atoms. The summed E-state index contributed by atoms with van der Waals surface area (Å²) in [5.41, 5.74) is 3.96. The number of halogens is 1. The van der Waals surface area contributed by atoms with Gasteiger partial charge in [0.2, 0.25) is 0 Å². The molecule has 0 atom stereocenters. The molecule has 3 nitrogen and oxygen atoms in total. The minimum Gasteiger partial charge on any atom is -0.478 e. The first-order valence-corrected chi connectivity index (χ1v) is 6.42. The van der Waals surface area contributed by atoms with Gasteiger partial charge in [-0.1, -0.05) is 18.2 Å². The summed E-state index contributed by atoms with van der Waals surface area (Å²) in [7, 11) is 0. The molecule has 2 aromatic rings. The third kappa shape index (κ3) is 2.64. The molecule has 0 unspecified atom stereocenters. The Kier molecular flexibility index (Phi) is 3.57. The van der Waals surface area contributed by atoms with Crippen LogP contribution in [0.15, 0.2) is 35.1 Å². The van der Waals surface area contributed by atoms with Crippen molar-refractivity contribution >= 4 is 21.9 Å². The molecule has 0 aliphatic heterocycles. The predicted molar refractivity (Wildman–Crippen MR) is 74.1 cm³/mol. The first kappa shape index (κ1) is 12.9. The molecule has 0 aliphatic carbocycles. The second-order valence-electron chi connectivity index (χ2n) is 4.40. The topological polar surface area (TPSA) is 42.2 Å². The van der Waals surface area contributed by atoms with Gasteiger partial charge in [0, 0.05) is 12.7 Å². The Labute approximate surface area is 114 Å². The van der Waals surface area contributed by atoms with Crippen LogP contribution in [0.4, 0.5) is 0 Å². The number of aromatic nitrogens is 1. The van der Waals surface area contributed by atoms with Crippen molar-refractivity contribution in [3.63, 3.8) is 0 Å². The largest absolute Gasteiger partial charge is 0.478 e. The molecule has 0 amide bonds. The van der Waals surface area contributed by atoms with Gasteiger partial charge < -0.3 is 9.67 Å². The third-order valence-corrected chi connectivity index (χ3v) is 3.70. The molecule has 0 fully saturated rings. The normalized spacial score (nSPS) is 10.6. The predicted octanol–water partition coefficient (Wildman–Crippen LogP) is 3.61. The fourth-order valence-corrected chi connectivity index (χ4v) is 2.29. The lowest BCUT2D eigenvalue weighted by molar-refractivity contribution is 0.0697. The molecular weight excluding hydrogens is 294 g/mol. The second-order valence-corrected chi connectivity index (χ2v) is 5.22. The van der Waals surface area contributed by atoms with E-state index in [0.717, 1.165) is 10.2 Å². The highest BCUT2D eigenvalue weighted by molar-refractivity contribution is 9.10. The molecule has 2 rings (SSSR count). The van der Waals surface area contributed by atoms with Crippen molar-refractivity contribution in [1.29, 1.82) is 0 Å². The molecule has 1 N–H and O–H groups in total. The Bertz CT molecular complexity index is 602. The van der Waals surface area contributed by atoms with Gasteiger partial charge in [-0.2, -0.15) is 0 Å². The highest BCUT2D eigenvalue weighted by Crippen LogP contribution is 2.18. The molecular formula is C14H14BrNO2. The summed E-state index contributed by atoms with van der Waals surface area (Å²) in [4.78, 5) is 10.9. The van der Waals surface area contributed by atoms with Crippen molar-refractivity contribution in [3.8, 4) is 0 Å². The van der Waals surface area contributed by atoms with Gasteiger partial charge in [0.15, 0.2) is 0 Å². The number of aromatic carboxylic acids is 1. The summed E-state index contributed by atoms with van der Waals surface area (Å²) in [6.45, 7) is 4.81. The number of nitrogens with zero attached hydrogens (tertiary/aromatic N) is 1. The Morgan fingerprint density at radius 2 is 2.00 bits per heavy atom. The van der Waals surface area contributed by atoms with Gasteiger partial charge in [-0.15, -0.1) is 0 Å². The Morgan fingerprint density at radius 1 is 1.28 bits per heavy atom. The van der Waals surface area contributed by atoms with Gasteiger partial charge in [-0.3, -0.25) is 0 Å². The maximum Gasteiger partial charge on any atom is 0.337 e. The average molecular weight is 308 g/mol. The summed E-state index contributed by atoms with van der Waals surface area (Å²) in [5, 5.41) is 8.94. The smallest absolute Gasteiger partial charge is 0.337 e. The van der Waals surface area contributed by atoms with E-state index in [1.807, 2.05) is 4.57 Å². The second kappa shape index (κ2) is 4.98. The highest BCUT2D eigenvalue weighted by atomic mass is 79.9. The fraction of sp³-hybridized carbons (Fsp3) is 0.214. The SMILES string of the molecule is Cc1ccc(Cn2cc(C(=O)O)cc2Br)cc1C. The van der Waals surface area contributed by atoms with Gasteiger partial charge in [0.05, 0.1) is 10.2 Å².